The summed E-state index contributed by atoms with van der Waals surface area (Å²) in [5.74, 6) is 0.269. The van der Waals surface area contributed by atoms with Gasteiger partial charge in [-0.05, 0) is 31.0 Å². The Hall–Kier alpha value is -3.38. The highest BCUT2D eigenvalue weighted by Gasteiger charge is 2.32. The number of carbonyl (C=O) groups is 1. The summed E-state index contributed by atoms with van der Waals surface area (Å²) < 4.78 is 39.9. The van der Waals surface area contributed by atoms with Crippen LogP contribution >= 0.6 is 0 Å². The Kier molecular flexibility index (Phi) is 6.89. The first-order valence-electron chi connectivity index (χ1n) is 10.9. The lowest BCUT2D eigenvalue weighted by Crippen LogP contribution is -2.51. The van der Waals surface area contributed by atoms with E-state index in [-0.39, 0.29) is 22.2 Å². The highest BCUT2D eigenvalue weighted by Crippen LogP contribution is 2.33. The summed E-state index contributed by atoms with van der Waals surface area (Å²) in [4.78, 5) is 26.7. The highest BCUT2D eigenvalue weighted by molar-refractivity contribution is 7.93. The summed E-state index contributed by atoms with van der Waals surface area (Å²) in [6.45, 7) is 2.14. The number of sulfonamides is 1. The zero-order valence-electron chi connectivity index (χ0n) is 18.7. The number of hydrogen-bond donors (Lipinski definition) is 1. The molecule has 2 heterocycles. The van der Waals surface area contributed by atoms with Gasteiger partial charge in [-0.2, -0.15) is 0 Å². The molecule has 1 N–H and O–H groups in total. The van der Waals surface area contributed by atoms with Crippen molar-refractivity contribution in [2.75, 3.05) is 49.5 Å². The molecule has 0 radical (unpaired) electrons. The van der Waals surface area contributed by atoms with Crippen molar-refractivity contribution in [2.24, 2.45) is 0 Å². The Balaban J connectivity index is 1.60. The van der Waals surface area contributed by atoms with Gasteiger partial charge >= 0.3 is 0 Å². The normalized spacial score (nSPS) is 18.6. The fraction of sp³-hybridized carbons (Fsp3) is 0.409. The van der Waals surface area contributed by atoms with E-state index in [0.717, 1.165) is 12.5 Å². The molecule has 0 saturated carbocycles. The molecule has 182 valence electrons. The molecule has 0 aliphatic carbocycles. The van der Waals surface area contributed by atoms with Gasteiger partial charge in [-0.1, -0.05) is 12.1 Å². The van der Waals surface area contributed by atoms with Crippen molar-refractivity contribution in [1.29, 1.82) is 0 Å². The zero-order chi connectivity index (χ0) is 24.3. The van der Waals surface area contributed by atoms with Gasteiger partial charge in [-0.25, -0.2) is 8.42 Å². The number of non-ortho nitro benzene ring substituents is 1. The van der Waals surface area contributed by atoms with Crippen LogP contribution in [0.5, 0.6) is 5.75 Å². The number of ether oxygens (including phenoxy) is 2. The van der Waals surface area contributed by atoms with Crippen LogP contribution in [0.25, 0.3) is 0 Å². The number of piperazine rings is 1. The van der Waals surface area contributed by atoms with Gasteiger partial charge in [0, 0.05) is 44.9 Å². The number of nitro groups is 1. The number of rotatable bonds is 7. The Morgan fingerprint density at radius 3 is 2.56 bits per heavy atom. The van der Waals surface area contributed by atoms with Gasteiger partial charge < -0.3 is 19.3 Å². The third-order valence-corrected chi connectivity index (χ3v) is 7.33. The molecule has 1 atom stereocenters. The molecule has 4 rings (SSSR count). The molecule has 0 spiro atoms. The van der Waals surface area contributed by atoms with Crippen LogP contribution in [0.2, 0.25) is 0 Å². The molecule has 2 aliphatic rings. The molecule has 2 aliphatic heterocycles. The molecular formula is C22H26N4O7S. The largest absolute Gasteiger partial charge is 0.495 e. The van der Waals surface area contributed by atoms with E-state index in [1.807, 2.05) is 4.90 Å². The maximum atomic E-state index is 13.4. The van der Waals surface area contributed by atoms with Crippen LogP contribution in [-0.4, -0.2) is 70.1 Å². The van der Waals surface area contributed by atoms with Gasteiger partial charge in [0.15, 0.2) is 0 Å². The number of methoxy groups -OCH3 is 1. The first-order chi connectivity index (χ1) is 16.3. The van der Waals surface area contributed by atoms with Crippen molar-refractivity contribution < 1.29 is 27.6 Å². The Bertz CT molecular complexity index is 1170. The number of benzene rings is 2. The lowest BCUT2D eigenvalue weighted by Gasteiger charge is -2.37. The lowest BCUT2D eigenvalue weighted by molar-refractivity contribution is -0.385. The lowest BCUT2D eigenvalue weighted by atomic mass is 10.2. The molecule has 0 bridgehead atoms. The Labute approximate surface area is 197 Å². The number of anilines is 2. The van der Waals surface area contributed by atoms with E-state index >= 15 is 0 Å². The maximum absolute atomic E-state index is 13.4. The van der Waals surface area contributed by atoms with Crippen molar-refractivity contribution in [3.05, 3.63) is 52.6 Å². The number of nitrogens with zero attached hydrogens (tertiary/aromatic N) is 3. The van der Waals surface area contributed by atoms with Crippen LogP contribution in [0.4, 0.5) is 17.1 Å². The van der Waals surface area contributed by atoms with E-state index < -0.39 is 21.1 Å². The average Bonchev–Trinajstić information content (AvgIpc) is 3.38. The second-order valence-corrected chi connectivity index (χ2v) is 9.68. The summed E-state index contributed by atoms with van der Waals surface area (Å²) >= 11 is 0. The Morgan fingerprint density at radius 1 is 1.18 bits per heavy atom. The zero-order valence-corrected chi connectivity index (χ0v) is 19.5. The monoisotopic (exact) mass is 490 g/mol. The van der Waals surface area contributed by atoms with Crippen LogP contribution in [0, 0.1) is 10.1 Å². The standard InChI is InChI=1S/C22H26N4O7S/c1-32-19-6-3-2-5-17(19)23-34(30,31)21-15-16(26(28)29)8-9-18(21)24-10-12-25(13-11-24)22(27)20-7-4-14-33-20/h2-3,5-6,8-9,15,20,23H,4,7,10-14H2,1H3. The molecule has 12 heteroatoms. The predicted octanol–water partition coefficient (Wildman–Crippen LogP) is 2.23. The Morgan fingerprint density at radius 2 is 1.91 bits per heavy atom. The highest BCUT2D eigenvalue weighted by atomic mass is 32.2. The molecule has 2 saturated heterocycles. The molecule has 0 aromatic heterocycles. The van der Waals surface area contributed by atoms with Crippen molar-refractivity contribution >= 4 is 33.0 Å². The van der Waals surface area contributed by atoms with E-state index in [0.29, 0.717) is 50.6 Å². The van der Waals surface area contributed by atoms with E-state index in [4.69, 9.17) is 9.47 Å². The number of amides is 1. The molecule has 1 amide bonds. The minimum absolute atomic E-state index is 0.0495. The van der Waals surface area contributed by atoms with Crippen LogP contribution in [-0.2, 0) is 19.6 Å². The predicted molar refractivity (Wildman–Crippen MR) is 125 cm³/mol. The van der Waals surface area contributed by atoms with Crippen LogP contribution in [0.3, 0.4) is 0 Å². The fourth-order valence-electron chi connectivity index (χ4n) is 4.17. The van der Waals surface area contributed by atoms with Gasteiger partial charge in [-0.3, -0.25) is 19.6 Å². The molecule has 1 unspecified atom stereocenters. The number of nitrogens with one attached hydrogen (secondary N) is 1. The van der Waals surface area contributed by atoms with E-state index in [1.54, 1.807) is 29.2 Å². The summed E-state index contributed by atoms with van der Waals surface area (Å²) in [5.41, 5.74) is 0.211. The van der Waals surface area contributed by atoms with E-state index in [2.05, 4.69) is 4.72 Å². The number of para-hydroxylation sites is 2. The number of hydrogen-bond acceptors (Lipinski definition) is 8. The van der Waals surface area contributed by atoms with E-state index in [9.17, 15) is 23.3 Å². The first kappa shape index (κ1) is 23.8. The van der Waals surface area contributed by atoms with Gasteiger partial charge in [0.2, 0.25) is 0 Å². The molecule has 34 heavy (non-hydrogen) atoms. The quantitative estimate of drug-likeness (QED) is 0.462. The summed E-state index contributed by atoms with van der Waals surface area (Å²) in [5, 5.41) is 11.4. The SMILES string of the molecule is COc1ccccc1NS(=O)(=O)c1cc([N+](=O)[O-])ccc1N1CCN(C(=O)C2CCCO2)CC1. The van der Waals surface area contributed by atoms with Gasteiger partial charge in [-0.15, -0.1) is 0 Å². The molecule has 2 fully saturated rings. The second kappa shape index (κ2) is 9.85. The van der Waals surface area contributed by atoms with Crippen molar-refractivity contribution in [3.63, 3.8) is 0 Å². The maximum Gasteiger partial charge on any atom is 0.270 e. The molecule has 2 aromatic carbocycles. The second-order valence-electron chi connectivity index (χ2n) is 8.03. The topological polar surface area (TPSA) is 131 Å². The average molecular weight is 491 g/mol. The first-order valence-corrected chi connectivity index (χ1v) is 12.4. The van der Waals surface area contributed by atoms with Crippen molar-refractivity contribution in [3.8, 4) is 5.75 Å². The van der Waals surface area contributed by atoms with Gasteiger partial charge in [0.05, 0.1) is 23.4 Å². The van der Waals surface area contributed by atoms with Crippen LogP contribution < -0.4 is 14.4 Å². The minimum Gasteiger partial charge on any atom is -0.495 e. The summed E-state index contributed by atoms with van der Waals surface area (Å²) in [6.07, 6.45) is 1.16. The molecule has 11 nitrogen and oxygen atoms in total. The van der Waals surface area contributed by atoms with Crippen LogP contribution in [0.15, 0.2) is 47.4 Å². The van der Waals surface area contributed by atoms with Crippen LogP contribution in [0.1, 0.15) is 12.8 Å². The minimum atomic E-state index is -4.20. The molecule has 2 aromatic rings. The number of nitro benzene ring substituents is 1. The number of carbonyl (C=O) groups excluding carboxylic acids is 1. The van der Waals surface area contributed by atoms with Crippen molar-refractivity contribution in [1.82, 2.24) is 4.90 Å². The van der Waals surface area contributed by atoms with Gasteiger partial charge in [0.1, 0.15) is 16.7 Å². The third-order valence-electron chi connectivity index (χ3n) is 5.93. The summed E-state index contributed by atoms with van der Waals surface area (Å²) in [7, 11) is -2.78. The summed E-state index contributed by atoms with van der Waals surface area (Å²) in [6, 6.07) is 10.3. The van der Waals surface area contributed by atoms with E-state index in [1.165, 1.54) is 19.2 Å². The third kappa shape index (κ3) is 4.92. The van der Waals surface area contributed by atoms with Gasteiger partial charge in [0.25, 0.3) is 21.6 Å². The fourth-order valence-corrected chi connectivity index (χ4v) is 5.48. The molecular weight excluding hydrogens is 464 g/mol. The van der Waals surface area contributed by atoms with Crippen molar-refractivity contribution in [2.45, 2.75) is 23.8 Å². The smallest absolute Gasteiger partial charge is 0.270 e.